The second kappa shape index (κ2) is 5.56. The lowest BCUT2D eigenvalue weighted by atomic mass is 10.2. The van der Waals surface area contributed by atoms with Gasteiger partial charge in [-0.2, -0.15) is 0 Å². The van der Waals surface area contributed by atoms with Crippen LogP contribution in [0.2, 0.25) is 0 Å². The molecule has 6 heteroatoms. The number of aromatic nitrogens is 1. The van der Waals surface area contributed by atoms with Gasteiger partial charge in [-0.3, -0.25) is 10.1 Å². The lowest BCUT2D eigenvalue weighted by molar-refractivity contribution is -0.384. The van der Waals surface area contributed by atoms with Crippen LogP contribution in [0, 0.1) is 17.0 Å². The Labute approximate surface area is 117 Å². The number of nitrogen functional groups attached to an aromatic ring is 1. The molecule has 1 aromatic carbocycles. The van der Waals surface area contributed by atoms with E-state index < -0.39 is 4.92 Å². The van der Waals surface area contributed by atoms with Gasteiger partial charge in [0.05, 0.1) is 17.1 Å². The monoisotopic (exact) mass is 272 g/mol. The molecule has 0 bridgehead atoms. The summed E-state index contributed by atoms with van der Waals surface area (Å²) in [5.41, 5.74) is 7.64. The van der Waals surface area contributed by atoms with Crippen molar-refractivity contribution in [2.45, 2.75) is 13.8 Å². The molecule has 104 valence electrons. The van der Waals surface area contributed by atoms with Crippen molar-refractivity contribution in [2.24, 2.45) is 0 Å². The SMILES string of the molecule is CCN(c1cc([N+](=O)[O-])cc(N)n1)c1ccccc1C. The van der Waals surface area contributed by atoms with Crippen molar-refractivity contribution < 1.29 is 4.92 Å². The van der Waals surface area contributed by atoms with Gasteiger partial charge >= 0.3 is 0 Å². The van der Waals surface area contributed by atoms with Gasteiger partial charge in [-0.05, 0) is 25.5 Å². The standard InChI is InChI=1S/C14H16N4O2/c1-3-17(12-7-5-4-6-10(12)2)14-9-11(18(19)20)8-13(15)16-14/h4-9H,3H2,1-2H3,(H2,15,16). The maximum absolute atomic E-state index is 10.9. The Bertz CT molecular complexity index is 643. The number of nitrogens with zero attached hydrogens (tertiary/aromatic N) is 3. The van der Waals surface area contributed by atoms with E-state index in [4.69, 9.17) is 5.73 Å². The van der Waals surface area contributed by atoms with E-state index in [1.165, 1.54) is 12.1 Å². The molecule has 6 nitrogen and oxygen atoms in total. The number of hydrogen-bond donors (Lipinski definition) is 1. The Morgan fingerprint density at radius 2 is 2.05 bits per heavy atom. The molecular weight excluding hydrogens is 256 g/mol. The number of hydrogen-bond acceptors (Lipinski definition) is 5. The zero-order chi connectivity index (χ0) is 14.7. The van der Waals surface area contributed by atoms with Crippen LogP contribution in [-0.4, -0.2) is 16.5 Å². The van der Waals surface area contributed by atoms with Gasteiger partial charge in [0.1, 0.15) is 11.6 Å². The number of pyridine rings is 1. The van der Waals surface area contributed by atoms with E-state index in [9.17, 15) is 10.1 Å². The van der Waals surface area contributed by atoms with Crippen molar-refractivity contribution in [3.63, 3.8) is 0 Å². The normalized spacial score (nSPS) is 10.3. The van der Waals surface area contributed by atoms with Gasteiger partial charge in [-0.15, -0.1) is 0 Å². The van der Waals surface area contributed by atoms with Crippen molar-refractivity contribution in [1.82, 2.24) is 4.98 Å². The number of benzene rings is 1. The van der Waals surface area contributed by atoms with E-state index in [0.29, 0.717) is 12.4 Å². The predicted octanol–water partition coefficient (Wildman–Crippen LogP) is 3.04. The number of nitrogens with two attached hydrogens (primary N) is 1. The first-order valence-electron chi connectivity index (χ1n) is 6.28. The fraction of sp³-hybridized carbons (Fsp3) is 0.214. The maximum atomic E-state index is 10.9. The Morgan fingerprint density at radius 3 is 2.65 bits per heavy atom. The number of rotatable bonds is 4. The molecule has 0 unspecified atom stereocenters. The van der Waals surface area contributed by atoms with Crippen LogP contribution in [0.25, 0.3) is 0 Å². The highest BCUT2D eigenvalue weighted by Gasteiger charge is 2.16. The second-order valence-corrected chi connectivity index (χ2v) is 4.40. The number of aryl methyl sites for hydroxylation is 1. The van der Waals surface area contributed by atoms with Crippen LogP contribution in [-0.2, 0) is 0 Å². The van der Waals surface area contributed by atoms with Gasteiger partial charge in [0, 0.05) is 12.2 Å². The van der Waals surface area contributed by atoms with Gasteiger partial charge in [0.15, 0.2) is 0 Å². The Kier molecular flexibility index (Phi) is 3.84. The summed E-state index contributed by atoms with van der Waals surface area (Å²) in [4.78, 5) is 16.6. The molecule has 2 aromatic rings. The summed E-state index contributed by atoms with van der Waals surface area (Å²) in [5, 5.41) is 10.9. The molecule has 0 amide bonds. The van der Waals surface area contributed by atoms with Crippen LogP contribution in [0.1, 0.15) is 12.5 Å². The number of anilines is 3. The van der Waals surface area contributed by atoms with E-state index in [2.05, 4.69) is 4.98 Å². The molecular formula is C14H16N4O2. The lowest BCUT2D eigenvalue weighted by Crippen LogP contribution is -2.19. The van der Waals surface area contributed by atoms with E-state index in [0.717, 1.165) is 11.3 Å². The van der Waals surface area contributed by atoms with E-state index >= 15 is 0 Å². The minimum Gasteiger partial charge on any atom is -0.383 e. The Balaban J connectivity index is 2.52. The smallest absolute Gasteiger partial charge is 0.276 e. The first-order valence-corrected chi connectivity index (χ1v) is 6.28. The third-order valence-corrected chi connectivity index (χ3v) is 3.03. The third-order valence-electron chi connectivity index (χ3n) is 3.03. The topological polar surface area (TPSA) is 85.3 Å². The predicted molar refractivity (Wildman–Crippen MR) is 79.2 cm³/mol. The molecule has 0 saturated heterocycles. The van der Waals surface area contributed by atoms with Crippen molar-refractivity contribution in [3.8, 4) is 0 Å². The van der Waals surface area contributed by atoms with Crippen LogP contribution < -0.4 is 10.6 Å². The maximum Gasteiger partial charge on any atom is 0.276 e. The van der Waals surface area contributed by atoms with Crippen LogP contribution in [0.3, 0.4) is 0 Å². The van der Waals surface area contributed by atoms with E-state index in [1.54, 1.807) is 0 Å². The first kappa shape index (κ1) is 13.8. The minimum atomic E-state index is -0.465. The highest BCUT2D eigenvalue weighted by molar-refractivity contribution is 5.66. The fourth-order valence-electron chi connectivity index (χ4n) is 2.09. The summed E-state index contributed by atoms with van der Waals surface area (Å²) in [5.74, 6) is 0.620. The number of nitro groups is 1. The zero-order valence-electron chi connectivity index (χ0n) is 11.4. The number of para-hydroxylation sites is 1. The van der Waals surface area contributed by atoms with Crippen LogP contribution in [0.15, 0.2) is 36.4 Å². The molecule has 20 heavy (non-hydrogen) atoms. The lowest BCUT2D eigenvalue weighted by Gasteiger charge is -2.23. The largest absolute Gasteiger partial charge is 0.383 e. The van der Waals surface area contributed by atoms with Crippen molar-refractivity contribution >= 4 is 23.0 Å². The molecule has 2 rings (SSSR count). The van der Waals surface area contributed by atoms with Gasteiger partial charge < -0.3 is 10.6 Å². The summed E-state index contributed by atoms with van der Waals surface area (Å²) >= 11 is 0. The zero-order valence-corrected chi connectivity index (χ0v) is 11.4. The molecule has 0 saturated carbocycles. The summed E-state index contributed by atoms with van der Waals surface area (Å²) in [6.07, 6.45) is 0. The average molecular weight is 272 g/mol. The molecule has 0 radical (unpaired) electrons. The Morgan fingerprint density at radius 1 is 1.35 bits per heavy atom. The second-order valence-electron chi connectivity index (χ2n) is 4.40. The highest BCUT2D eigenvalue weighted by Crippen LogP contribution is 2.29. The van der Waals surface area contributed by atoms with Gasteiger partial charge in [0.2, 0.25) is 0 Å². The summed E-state index contributed by atoms with van der Waals surface area (Å²) < 4.78 is 0. The molecule has 0 aliphatic rings. The molecule has 0 aliphatic heterocycles. The molecule has 0 fully saturated rings. The first-order chi connectivity index (χ1) is 9.52. The minimum absolute atomic E-state index is 0.0560. The van der Waals surface area contributed by atoms with E-state index in [-0.39, 0.29) is 11.5 Å². The summed E-state index contributed by atoms with van der Waals surface area (Å²) in [6.45, 7) is 4.58. The molecule has 2 N–H and O–H groups in total. The summed E-state index contributed by atoms with van der Waals surface area (Å²) in [7, 11) is 0. The highest BCUT2D eigenvalue weighted by atomic mass is 16.6. The van der Waals surface area contributed by atoms with Gasteiger partial charge in [0.25, 0.3) is 5.69 Å². The van der Waals surface area contributed by atoms with Gasteiger partial charge in [-0.25, -0.2) is 4.98 Å². The fourth-order valence-corrected chi connectivity index (χ4v) is 2.09. The van der Waals surface area contributed by atoms with Gasteiger partial charge in [-0.1, -0.05) is 18.2 Å². The molecule has 1 aromatic heterocycles. The van der Waals surface area contributed by atoms with Crippen LogP contribution in [0.4, 0.5) is 23.0 Å². The van der Waals surface area contributed by atoms with Crippen LogP contribution >= 0.6 is 0 Å². The van der Waals surface area contributed by atoms with Crippen LogP contribution in [0.5, 0.6) is 0 Å². The van der Waals surface area contributed by atoms with Crippen molar-refractivity contribution in [3.05, 3.63) is 52.1 Å². The molecule has 0 atom stereocenters. The Hall–Kier alpha value is -2.63. The van der Waals surface area contributed by atoms with E-state index in [1.807, 2.05) is 43.0 Å². The molecule has 0 spiro atoms. The quantitative estimate of drug-likeness (QED) is 0.683. The molecule has 1 heterocycles. The van der Waals surface area contributed by atoms with Crippen molar-refractivity contribution in [2.75, 3.05) is 17.2 Å². The van der Waals surface area contributed by atoms with Crippen molar-refractivity contribution in [1.29, 1.82) is 0 Å². The third kappa shape index (κ3) is 2.69. The summed E-state index contributed by atoms with van der Waals surface area (Å²) in [6, 6.07) is 10.5. The molecule has 0 aliphatic carbocycles. The average Bonchev–Trinajstić information content (AvgIpc) is 2.41.